The molecule has 0 aliphatic carbocycles. The summed E-state index contributed by atoms with van der Waals surface area (Å²) in [6.45, 7) is 5.96. The molecule has 1 aromatic heterocycles. The normalized spacial score (nSPS) is 10.9. The van der Waals surface area contributed by atoms with Crippen molar-refractivity contribution >= 4 is 11.3 Å². The van der Waals surface area contributed by atoms with Crippen LogP contribution in [0, 0.1) is 12.7 Å². The molecule has 0 aliphatic rings. The SMILES string of the molecule is Cc1sc(C(C)C)cc1F. The van der Waals surface area contributed by atoms with E-state index in [4.69, 9.17) is 0 Å². The van der Waals surface area contributed by atoms with E-state index in [0.717, 1.165) is 9.75 Å². The summed E-state index contributed by atoms with van der Waals surface area (Å²) in [6.07, 6.45) is 0. The van der Waals surface area contributed by atoms with E-state index < -0.39 is 0 Å². The lowest BCUT2D eigenvalue weighted by molar-refractivity contribution is 0.623. The third kappa shape index (κ3) is 1.37. The highest BCUT2D eigenvalue weighted by molar-refractivity contribution is 7.12. The first-order valence-corrected chi connectivity index (χ1v) is 4.18. The Bertz CT molecular complexity index is 206. The molecular weight excluding hydrogens is 147 g/mol. The minimum atomic E-state index is -0.0614. The van der Waals surface area contributed by atoms with E-state index in [1.165, 1.54) is 0 Å². The fraction of sp³-hybridized carbons (Fsp3) is 0.500. The van der Waals surface area contributed by atoms with Crippen molar-refractivity contribution in [3.63, 3.8) is 0 Å². The van der Waals surface area contributed by atoms with E-state index in [2.05, 4.69) is 13.8 Å². The lowest BCUT2D eigenvalue weighted by atomic mass is 10.2. The van der Waals surface area contributed by atoms with Crippen LogP contribution in [0.4, 0.5) is 4.39 Å². The molecule has 0 radical (unpaired) electrons. The van der Waals surface area contributed by atoms with Gasteiger partial charge in [0, 0.05) is 9.75 Å². The molecule has 2 heteroatoms. The molecule has 0 amide bonds. The van der Waals surface area contributed by atoms with Crippen LogP contribution in [0.2, 0.25) is 0 Å². The number of aryl methyl sites for hydroxylation is 1. The van der Waals surface area contributed by atoms with E-state index in [1.54, 1.807) is 17.4 Å². The van der Waals surface area contributed by atoms with Crippen LogP contribution in [0.15, 0.2) is 6.07 Å². The summed E-state index contributed by atoms with van der Waals surface area (Å²) in [5, 5.41) is 0. The van der Waals surface area contributed by atoms with E-state index in [0.29, 0.717) is 5.92 Å². The first-order valence-electron chi connectivity index (χ1n) is 3.37. The zero-order valence-corrected chi connectivity index (χ0v) is 7.26. The van der Waals surface area contributed by atoms with Crippen molar-refractivity contribution in [1.82, 2.24) is 0 Å². The van der Waals surface area contributed by atoms with Gasteiger partial charge < -0.3 is 0 Å². The minimum Gasteiger partial charge on any atom is -0.206 e. The molecule has 1 aromatic rings. The van der Waals surface area contributed by atoms with Gasteiger partial charge in [-0.05, 0) is 18.9 Å². The molecular formula is C8H11FS. The molecule has 0 nitrogen and oxygen atoms in total. The van der Waals surface area contributed by atoms with Crippen molar-refractivity contribution in [2.24, 2.45) is 0 Å². The Kier molecular flexibility index (Phi) is 2.09. The lowest BCUT2D eigenvalue weighted by Gasteiger charge is -1.95. The summed E-state index contributed by atoms with van der Waals surface area (Å²) >= 11 is 1.55. The molecule has 0 saturated heterocycles. The molecule has 0 unspecified atom stereocenters. The van der Waals surface area contributed by atoms with Gasteiger partial charge in [-0.2, -0.15) is 0 Å². The summed E-state index contributed by atoms with van der Waals surface area (Å²) in [6, 6.07) is 1.63. The molecule has 0 spiro atoms. The van der Waals surface area contributed by atoms with Crippen molar-refractivity contribution in [2.45, 2.75) is 26.7 Å². The fourth-order valence-corrected chi connectivity index (χ4v) is 1.67. The quantitative estimate of drug-likeness (QED) is 0.588. The Morgan fingerprint density at radius 3 is 2.30 bits per heavy atom. The van der Waals surface area contributed by atoms with Crippen LogP contribution in [-0.2, 0) is 0 Å². The van der Waals surface area contributed by atoms with Gasteiger partial charge in [0.15, 0.2) is 0 Å². The zero-order valence-electron chi connectivity index (χ0n) is 6.44. The smallest absolute Gasteiger partial charge is 0.137 e. The van der Waals surface area contributed by atoms with Gasteiger partial charge in [-0.15, -0.1) is 11.3 Å². The van der Waals surface area contributed by atoms with Crippen molar-refractivity contribution in [3.05, 3.63) is 21.6 Å². The highest BCUT2D eigenvalue weighted by Crippen LogP contribution is 2.26. The van der Waals surface area contributed by atoms with E-state index in [9.17, 15) is 4.39 Å². The summed E-state index contributed by atoms with van der Waals surface area (Å²) in [5.74, 6) is 0.391. The highest BCUT2D eigenvalue weighted by atomic mass is 32.1. The topological polar surface area (TPSA) is 0 Å². The predicted molar refractivity (Wildman–Crippen MR) is 43.1 cm³/mol. The number of hydrogen-bond acceptors (Lipinski definition) is 1. The second kappa shape index (κ2) is 2.70. The van der Waals surface area contributed by atoms with Crippen molar-refractivity contribution < 1.29 is 4.39 Å². The first kappa shape index (κ1) is 7.73. The molecule has 1 heterocycles. The molecule has 0 atom stereocenters. The third-order valence-corrected chi connectivity index (χ3v) is 2.77. The van der Waals surface area contributed by atoms with Crippen LogP contribution < -0.4 is 0 Å². The van der Waals surface area contributed by atoms with Crippen molar-refractivity contribution in [1.29, 1.82) is 0 Å². The summed E-state index contributed by atoms with van der Waals surface area (Å²) in [7, 11) is 0. The van der Waals surface area contributed by atoms with Crippen LogP contribution in [0.5, 0.6) is 0 Å². The average Bonchev–Trinajstić information content (AvgIpc) is 2.13. The van der Waals surface area contributed by atoms with E-state index >= 15 is 0 Å². The van der Waals surface area contributed by atoms with E-state index in [-0.39, 0.29) is 5.82 Å². The van der Waals surface area contributed by atoms with Crippen LogP contribution >= 0.6 is 11.3 Å². The maximum Gasteiger partial charge on any atom is 0.137 e. The summed E-state index contributed by atoms with van der Waals surface area (Å²) in [5.41, 5.74) is 0. The molecule has 0 bridgehead atoms. The van der Waals surface area contributed by atoms with Gasteiger partial charge in [0.05, 0.1) is 0 Å². The van der Waals surface area contributed by atoms with Gasteiger partial charge in [0.25, 0.3) is 0 Å². The largest absolute Gasteiger partial charge is 0.206 e. The molecule has 10 heavy (non-hydrogen) atoms. The Hall–Kier alpha value is -0.370. The monoisotopic (exact) mass is 158 g/mol. The fourth-order valence-electron chi connectivity index (χ4n) is 0.766. The standard InChI is InChI=1S/C8H11FS/c1-5(2)8-4-7(9)6(3)10-8/h4-5H,1-3H3. The van der Waals surface area contributed by atoms with Crippen LogP contribution in [-0.4, -0.2) is 0 Å². The number of hydrogen-bond donors (Lipinski definition) is 0. The molecule has 0 aliphatic heterocycles. The molecule has 0 saturated carbocycles. The minimum absolute atomic E-state index is 0.0614. The summed E-state index contributed by atoms with van der Waals surface area (Å²) < 4.78 is 12.7. The Morgan fingerprint density at radius 1 is 1.50 bits per heavy atom. The Morgan fingerprint density at radius 2 is 2.10 bits per heavy atom. The number of halogens is 1. The maximum atomic E-state index is 12.7. The molecule has 1 rings (SSSR count). The molecule has 0 N–H and O–H groups in total. The van der Waals surface area contributed by atoms with Gasteiger partial charge in [-0.3, -0.25) is 0 Å². The Balaban J connectivity index is 2.98. The molecule has 0 fully saturated rings. The average molecular weight is 158 g/mol. The summed E-state index contributed by atoms with van der Waals surface area (Å²) in [4.78, 5) is 1.93. The van der Waals surface area contributed by atoms with Gasteiger partial charge in [0.2, 0.25) is 0 Å². The highest BCUT2D eigenvalue weighted by Gasteiger charge is 2.06. The van der Waals surface area contributed by atoms with Crippen LogP contribution in [0.3, 0.4) is 0 Å². The first-order chi connectivity index (χ1) is 4.61. The third-order valence-electron chi connectivity index (χ3n) is 1.45. The Labute approximate surface area is 64.7 Å². The maximum absolute atomic E-state index is 12.7. The predicted octanol–water partition coefficient (Wildman–Crippen LogP) is 3.32. The number of thiophene rings is 1. The zero-order chi connectivity index (χ0) is 7.72. The van der Waals surface area contributed by atoms with Gasteiger partial charge >= 0.3 is 0 Å². The van der Waals surface area contributed by atoms with E-state index in [1.807, 2.05) is 6.92 Å². The van der Waals surface area contributed by atoms with Crippen molar-refractivity contribution in [3.8, 4) is 0 Å². The number of rotatable bonds is 1. The second-order valence-electron chi connectivity index (χ2n) is 2.71. The van der Waals surface area contributed by atoms with Crippen LogP contribution in [0.1, 0.15) is 29.5 Å². The molecule has 56 valence electrons. The molecule has 0 aromatic carbocycles. The lowest BCUT2D eigenvalue weighted by Crippen LogP contribution is -1.78. The van der Waals surface area contributed by atoms with Gasteiger partial charge in [-0.25, -0.2) is 4.39 Å². The van der Waals surface area contributed by atoms with Crippen molar-refractivity contribution in [2.75, 3.05) is 0 Å². The van der Waals surface area contributed by atoms with Crippen LogP contribution in [0.25, 0.3) is 0 Å². The van der Waals surface area contributed by atoms with Gasteiger partial charge in [-0.1, -0.05) is 13.8 Å². The second-order valence-corrected chi connectivity index (χ2v) is 4.00. The van der Waals surface area contributed by atoms with Gasteiger partial charge in [0.1, 0.15) is 5.82 Å².